The van der Waals surface area contributed by atoms with E-state index in [2.05, 4.69) is 14.8 Å². The number of hydrogen-bond donors (Lipinski definition) is 14. The second kappa shape index (κ2) is 19.2. The Labute approximate surface area is 311 Å². The summed E-state index contributed by atoms with van der Waals surface area (Å²) in [5, 5.41) is 120. The summed E-state index contributed by atoms with van der Waals surface area (Å²) in [6.07, 6.45) is -32.8. The molecular weight excluding hydrogens is 780 g/mol. The SMILES string of the molecule is CC(=O)N[C@H]1[C@H](OC[C@H]2OC(O)[C@H](NC(C)=O)[C@@H](O[C@@H]3O[C@H](COS(=O)(=O)O)[C@H](O)[C@H](O)[C@H]3O)[C@H]2O)O[C@H](CO)[C@@H](O[C@@H]2O[C@H](CO)[C@H](O)[C@H](O)[C@H]2O)[C@@H]1O. The molecule has 14 N–H and O–H groups in total. The van der Waals surface area contributed by atoms with Crippen LogP contribution in [-0.4, -0.2) is 230 Å². The normalized spacial score (nSPS) is 45.5. The average molecular weight is 829 g/mol. The monoisotopic (exact) mass is 828 g/mol. The predicted molar refractivity (Wildman–Crippen MR) is 167 cm³/mol. The number of nitrogens with one attached hydrogen (secondary N) is 2. The molecule has 4 aliphatic heterocycles. The lowest BCUT2D eigenvalue weighted by molar-refractivity contribution is -0.355. The van der Waals surface area contributed by atoms with Gasteiger partial charge in [-0.1, -0.05) is 0 Å². The molecular formula is C28H48N2O24S. The summed E-state index contributed by atoms with van der Waals surface area (Å²) in [6, 6.07) is -3.18. The summed E-state index contributed by atoms with van der Waals surface area (Å²) in [5.41, 5.74) is 0. The van der Waals surface area contributed by atoms with Crippen LogP contribution in [0.2, 0.25) is 0 Å². The fourth-order valence-electron chi connectivity index (χ4n) is 6.39. The Kier molecular flexibility index (Phi) is 16.0. The van der Waals surface area contributed by atoms with E-state index in [1.54, 1.807) is 0 Å². The first-order valence-electron chi connectivity index (χ1n) is 16.7. The highest BCUT2D eigenvalue weighted by atomic mass is 32.3. The van der Waals surface area contributed by atoms with E-state index >= 15 is 0 Å². The zero-order chi connectivity index (χ0) is 41.1. The van der Waals surface area contributed by atoms with Gasteiger partial charge in [0, 0.05) is 13.8 Å². The molecule has 0 bridgehead atoms. The molecule has 4 saturated heterocycles. The van der Waals surface area contributed by atoms with Gasteiger partial charge in [0.05, 0.1) is 26.4 Å². The van der Waals surface area contributed by atoms with Gasteiger partial charge in [-0.05, 0) is 0 Å². The summed E-state index contributed by atoms with van der Waals surface area (Å²) in [7, 11) is -5.06. The minimum atomic E-state index is -5.06. The van der Waals surface area contributed by atoms with Gasteiger partial charge >= 0.3 is 10.4 Å². The predicted octanol–water partition coefficient (Wildman–Crippen LogP) is -9.63. The number of ether oxygens (including phenoxy) is 7. The van der Waals surface area contributed by atoms with Gasteiger partial charge in [-0.3, -0.25) is 14.1 Å². The van der Waals surface area contributed by atoms with Crippen molar-refractivity contribution in [1.29, 1.82) is 0 Å². The van der Waals surface area contributed by atoms with Crippen molar-refractivity contribution in [3.05, 3.63) is 0 Å². The minimum absolute atomic E-state index is 0.745. The number of carbonyl (C=O) groups is 2. The molecule has 0 aromatic heterocycles. The molecule has 320 valence electrons. The minimum Gasteiger partial charge on any atom is -0.394 e. The second-order valence-electron chi connectivity index (χ2n) is 13.2. The number of aliphatic hydroxyl groups is 11. The van der Waals surface area contributed by atoms with Crippen molar-refractivity contribution in [2.75, 3.05) is 26.4 Å². The quantitative estimate of drug-likeness (QED) is 0.0723. The van der Waals surface area contributed by atoms with E-state index < -0.39 is 171 Å². The van der Waals surface area contributed by atoms with Crippen molar-refractivity contribution in [1.82, 2.24) is 10.6 Å². The zero-order valence-electron chi connectivity index (χ0n) is 29.0. The third-order valence-electron chi connectivity index (χ3n) is 9.19. The van der Waals surface area contributed by atoms with Gasteiger partial charge in [0.25, 0.3) is 0 Å². The fourth-order valence-corrected chi connectivity index (χ4v) is 6.69. The van der Waals surface area contributed by atoms with Crippen LogP contribution in [0.4, 0.5) is 0 Å². The van der Waals surface area contributed by atoms with Crippen molar-refractivity contribution >= 4 is 22.2 Å². The number of carbonyl (C=O) groups excluding carboxylic acids is 2. The van der Waals surface area contributed by atoms with Crippen molar-refractivity contribution in [2.24, 2.45) is 0 Å². The van der Waals surface area contributed by atoms with Crippen LogP contribution < -0.4 is 10.6 Å². The number of hydrogen-bond acceptors (Lipinski definition) is 23. The lowest BCUT2D eigenvalue weighted by Crippen LogP contribution is -2.69. The molecule has 4 fully saturated rings. The molecule has 0 radical (unpaired) electrons. The van der Waals surface area contributed by atoms with E-state index in [-0.39, 0.29) is 0 Å². The largest absolute Gasteiger partial charge is 0.397 e. The molecule has 1 unspecified atom stereocenters. The van der Waals surface area contributed by atoms with E-state index in [4.69, 9.17) is 37.7 Å². The summed E-state index contributed by atoms with van der Waals surface area (Å²) >= 11 is 0. The maximum Gasteiger partial charge on any atom is 0.397 e. The van der Waals surface area contributed by atoms with E-state index in [1.165, 1.54) is 0 Å². The van der Waals surface area contributed by atoms with Gasteiger partial charge < -0.3 is 100.0 Å². The van der Waals surface area contributed by atoms with Crippen LogP contribution in [0.15, 0.2) is 0 Å². The van der Waals surface area contributed by atoms with Gasteiger partial charge in [-0.2, -0.15) is 8.42 Å². The molecule has 0 spiro atoms. The lowest BCUT2D eigenvalue weighted by Gasteiger charge is -2.48. The van der Waals surface area contributed by atoms with Crippen LogP contribution >= 0.6 is 0 Å². The average Bonchev–Trinajstić information content (AvgIpc) is 3.11. The summed E-state index contributed by atoms with van der Waals surface area (Å²) in [4.78, 5) is 24.2. The van der Waals surface area contributed by atoms with Gasteiger partial charge in [0.15, 0.2) is 25.2 Å². The zero-order valence-corrected chi connectivity index (χ0v) is 29.9. The highest BCUT2D eigenvalue weighted by molar-refractivity contribution is 7.80. The first-order valence-corrected chi connectivity index (χ1v) is 18.1. The Morgan fingerprint density at radius 1 is 0.564 bits per heavy atom. The van der Waals surface area contributed by atoms with Crippen LogP contribution in [0.25, 0.3) is 0 Å². The third-order valence-corrected chi connectivity index (χ3v) is 9.63. The molecule has 26 nitrogen and oxygen atoms in total. The maximum atomic E-state index is 12.2. The van der Waals surface area contributed by atoms with Crippen LogP contribution in [0.3, 0.4) is 0 Å². The molecule has 0 aromatic carbocycles. The molecule has 20 atom stereocenters. The van der Waals surface area contributed by atoms with Crippen molar-refractivity contribution in [3.63, 3.8) is 0 Å². The highest BCUT2D eigenvalue weighted by Crippen LogP contribution is 2.32. The van der Waals surface area contributed by atoms with E-state index in [0.29, 0.717) is 0 Å². The van der Waals surface area contributed by atoms with Crippen LogP contribution in [0.1, 0.15) is 13.8 Å². The molecule has 0 aromatic rings. The van der Waals surface area contributed by atoms with E-state index in [9.17, 15) is 74.2 Å². The Balaban J connectivity index is 1.52. The van der Waals surface area contributed by atoms with Crippen LogP contribution in [0, 0.1) is 0 Å². The molecule has 4 rings (SSSR count). The van der Waals surface area contributed by atoms with Crippen molar-refractivity contribution in [3.8, 4) is 0 Å². The van der Waals surface area contributed by atoms with Crippen molar-refractivity contribution < 1.29 is 116 Å². The first kappa shape index (κ1) is 45.8. The maximum absolute atomic E-state index is 12.2. The van der Waals surface area contributed by atoms with Gasteiger partial charge in [-0.15, -0.1) is 0 Å². The molecule has 2 amide bonds. The molecule has 55 heavy (non-hydrogen) atoms. The van der Waals surface area contributed by atoms with Crippen LogP contribution in [-0.2, 0) is 57.3 Å². The smallest absolute Gasteiger partial charge is 0.394 e. The Hall–Kier alpha value is -1.91. The summed E-state index contributed by atoms with van der Waals surface area (Å²) in [6.45, 7) is -1.49. The molecule has 27 heteroatoms. The molecule has 0 saturated carbocycles. The van der Waals surface area contributed by atoms with Gasteiger partial charge in [-0.25, -0.2) is 4.18 Å². The number of rotatable bonds is 14. The standard InChI is InChI=1S/C28H48N2O24S/c1-7(33)29-13-18(38)23(53-27-21(41)19(39)15(35)9(3-31)50-27)10(4-32)51-26(13)47-5-11-17(37)24(14(25(43)49-11)30-8(2)34)54-28-22(42)20(40)16(36)12(52-28)6-48-55(44,45)46/h9-28,31-32,35-43H,3-6H2,1-2H3,(H,29,33)(H,30,34)(H,44,45,46)/t9-,10-,11-,12-,13-,14-,15+,16+,17+,18-,19+,20+,21-,22-,23-,24-,25?,26-,27+,28+/m1/s1. The van der Waals surface area contributed by atoms with Gasteiger partial charge in [0.2, 0.25) is 11.8 Å². The Morgan fingerprint density at radius 3 is 1.56 bits per heavy atom. The third kappa shape index (κ3) is 11.0. The first-order chi connectivity index (χ1) is 25.7. The summed E-state index contributed by atoms with van der Waals surface area (Å²) in [5.74, 6) is -1.52. The molecule has 4 heterocycles. The van der Waals surface area contributed by atoms with Crippen molar-refractivity contribution in [2.45, 2.75) is 137 Å². The number of amides is 2. The molecule has 4 aliphatic rings. The highest BCUT2D eigenvalue weighted by Gasteiger charge is 2.54. The Morgan fingerprint density at radius 2 is 1.04 bits per heavy atom. The summed E-state index contributed by atoms with van der Waals surface area (Å²) < 4.78 is 74.1. The molecule has 0 aliphatic carbocycles. The van der Waals surface area contributed by atoms with E-state index in [0.717, 1.165) is 13.8 Å². The number of aliphatic hydroxyl groups excluding tert-OH is 11. The topological polar surface area (TPSA) is 409 Å². The fraction of sp³-hybridized carbons (Fsp3) is 0.929. The Bertz CT molecular complexity index is 1380. The van der Waals surface area contributed by atoms with Gasteiger partial charge in [0.1, 0.15) is 97.5 Å². The lowest BCUT2D eigenvalue weighted by atomic mass is 9.94. The van der Waals surface area contributed by atoms with E-state index in [1.807, 2.05) is 0 Å². The second-order valence-corrected chi connectivity index (χ2v) is 14.3. The van der Waals surface area contributed by atoms with Crippen LogP contribution in [0.5, 0.6) is 0 Å².